The Hall–Kier alpha value is -1.52. The molecule has 116 valence electrons. The molecule has 2 aromatic rings. The molecule has 0 aliphatic heterocycles. The number of hydrogen-bond acceptors (Lipinski definition) is 3. The standard InChI is InChI=1S/C17H19ClN2OS/c1-20(12-9-15-4-2-3-11-19-15)17(21)10-13-22-16-7-5-14(18)6-8-16/h2-8,11H,9-10,12-13H2,1H3. The Bertz CT molecular complexity index is 589. The SMILES string of the molecule is CN(CCc1ccccn1)C(=O)CCSc1ccc(Cl)cc1. The summed E-state index contributed by atoms with van der Waals surface area (Å²) in [6.45, 7) is 0.696. The molecule has 1 aromatic heterocycles. The number of amides is 1. The van der Waals surface area contributed by atoms with Crippen LogP contribution in [0.25, 0.3) is 0 Å². The number of likely N-dealkylation sites (N-methyl/N-ethyl adjacent to an activating group) is 1. The third-order valence-electron chi connectivity index (χ3n) is 3.25. The van der Waals surface area contributed by atoms with Crippen LogP contribution >= 0.6 is 23.4 Å². The molecule has 0 saturated carbocycles. The zero-order valence-electron chi connectivity index (χ0n) is 12.5. The minimum Gasteiger partial charge on any atom is -0.345 e. The molecule has 5 heteroatoms. The van der Waals surface area contributed by atoms with E-state index in [1.54, 1.807) is 22.9 Å². The zero-order chi connectivity index (χ0) is 15.8. The molecule has 1 amide bonds. The maximum Gasteiger partial charge on any atom is 0.223 e. The van der Waals surface area contributed by atoms with Crippen molar-refractivity contribution < 1.29 is 4.79 Å². The molecule has 0 bridgehead atoms. The van der Waals surface area contributed by atoms with Crippen LogP contribution in [0, 0.1) is 0 Å². The van der Waals surface area contributed by atoms with Crippen molar-refractivity contribution in [1.29, 1.82) is 0 Å². The molecule has 1 aromatic carbocycles. The first-order valence-corrected chi connectivity index (χ1v) is 8.54. The van der Waals surface area contributed by atoms with E-state index in [0.29, 0.717) is 13.0 Å². The molecule has 0 radical (unpaired) electrons. The third-order valence-corrected chi connectivity index (χ3v) is 4.52. The summed E-state index contributed by atoms with van der Waals surface area (Å²) in [7, 11) is 1.85. The molecule has 3 nitrogen and oxygen atoms in total. The van der Waals surface area contributed by atoms with E-state index in [-0.39, 0.29) is 5.91 Å². The second-order valence-corrected chi connectivity index (χ2v) is 6.54. The Kier molecular flexibility index (Phi) is 6.74. The Labute approximate surface area is 140 Å². The third kappa shape index (κ3) is 5.70. The van der Waals surface area contributed by atoms with Crippen LogP contribution in [0.3, 0.4) is 0 Å². The minimum absolute atomic E-state index is 0.164. The Morgan fingerprint density at radius 2 is 2.00 bits per heavy atom. The lowest BCUT2D eigenvalue weighted by atomic mass is 10.2. The maximum atomic E-state index is 12.1. The fourth-order valence-corrected chi connectivity index (χ4v) is 2.90. The van der Waals surface area contributed by atoms with Crippen LogP contribution in [0.5, 0.6) is 0 Å². The number of hydrogen-bond donors (Lipinski definition) is 0. The molecule has 0 aliphatic carbocycles. The highest BCUT2D eigenvalue weighted by molar-refractivity contribution is 7.99. The van der Waals surface area contributed by atoms with Gasteiger partial charge in [0.15, 0.2) is 0 Å². The summed E-state index contributed by atoms with van der Waals surface area (Å²) < 4.78 is 0. The van der Waals surface area contributed by atoms with E-state index in [4.69, 9.17) is 11.6 Å². The highest BCUT2D eigenvalue weighted by Gasteiger charge is 2.09. The molecule has 2 rings (SSSR count). The van der Waals surface area contributed by atoms with Crippen LogP contribution in [0.15, 0.2) is 53.6 Å². The van der Waals surface area contributed by atoms with Crippen molar-refractivity contribution in [3.8, 4) is 0 Å². The van der Waals surface area contributed by atoms with E-state index < -0.39 is 0 Å². The molecule has 22 heavy (non-hydrogen) atoms. The molecular formula is C17H19ClN2OS. The lowest BCUT2D eigenvalue weighted by Gasteiger charge is -2.16. The second kappa shape index (κ2) is 8.81. The van der Waals surface area contributed by atoms with Gasteiger partial charge in [-0.25, -0.2) is 0 Å². The van der Waals surface area contributed by atoms with E-state index >= 15 is 0 Å². The summed E-state index contributed by atoms with van der Waals surface area (Å²) in [6, 6.07) is 13.5. The summed E-state index contributed by atoms with van der Waals surface area (Å²) in [5.41, 5.74) is 1.01. The average molecular weight is 335 g/mol. The number of pyridine rings is 1. The van der Waals surface area contributed by atoms with Gasteiger partial charge in [-0.1, -0.05) is 17.7 Å². The second-order valence-electron chi connectivity index (χ2n) is 4.94. The van der Waals surface area contributed by atoms with Crippen molar-refractivity contribution in [3.63, 3.8) is 0 Å². The van der Waals surface area contributed by atoms with Gasteiger partial charge in [0.2, 0.25) is 5.91 Å². The van der Waals surface area contributed by atoms with Gasteiger partial charge in [-0.3, -0.25) is 9.78 Å². The molecule has 0 fully saturated rings. The average Bonchev–Trinajstić information content (AvgIpc) is 2.55. The van der Waals surface area contributed by atoms with Gasteiger partial charge >= 0.3 is 0 Å². The fraction of sp³-hybridized carbons (Fsp3) is 0.294. The van der Waals surface area contributed by atoms with Gasteiger partial charge in [0, 0.05) is 54.0 Å². The van der Waals surface area contributed by atoms with Crippen LogP contribution in [-0.4, -0.2) is 35.1 Å². The zero-order valence-corrected chi connectivity index (χ0v) is 14.1. The van der Waals surface area contributed by atoms with Gasteiger partial charge in [0.1, 0.15) is 0 Å². The van der Waals surface area contributed by atoms with E-state index in [1.165, 1.54) is 0 Å². The lowest BCUT2D eigenvalue weighted by molar-refractivity contribution is -0.129. The molecular weight excluding hydrogens is 316 g/mol. The highest BCUT2D eigenvalue weighted by Crippen LogP contribution is 2.21. The summed E-state index contributed by atoms with van der Waals surface area (Å²) in [5.74, 6) is 0.936. The number of halogens is 1. The van der Waals surface area contributed by atoms with Crippen LogP contribution in [0.2, 0.25) is 5.02 Å². The largest absolute Gasteiger partial charge is 0.345 e. The number of carbonyl (C=O) groups excluding carboxylic acids is 1. The highest BCUT2D eigenvalue weighted by atomic mass is 35.5. The molecule has 0 saturated heterocycles. The quantitative estimate of drug-likeness (QED) is 0.719. The van der Waals surface area contributed by atoms with Crippen molar-refractivity contribution in [2.24, 2.45) is 0 Å². The predicted molar refractivity (Wildman–Crippen MR) is 92.4 cm³/mol. The predicted octanol–water partition coefficient (Wildman–Crippen LogP) is 3.92. The van der Waals surface area contributed by atoms with Crippen molar-refractivity contribution in [3.05, 3.63) is 59.4 Å². The first-order valence-electron chi connectivity index (χ1n) is 7.17. The Morgan fingerprint density at radius 3 is 2.68 bits per heavy atom. The number of carbonyl (C=O) groups is 1. The van der Waals surface area contributed by atoms with E-state index in [2.05, 4.69) is 4.98 Å². The van der Waals surface area contributed by atoms with Crippen molar-refractivity contribution in [2.45, 2.75) is 17.7 Å². The van der Waals surface area contributed by atoms with Crippen LogP contribution < -0.4 is 0 Å². The van der Waals surface area contributed by atoms with E-state index in [1.807, 2.05) is 49.5 Å². The molecule has 0 atom stereocenters. The molecule has 1 heterocycles. The monoisotopic (exact) mass is 334 g/mol. The van der Waals surface area contributed by atoms with Crippen molar-refractivity contribution in [2.75, 3.05) is 19.3 Å². The topological polar surface area (TPSA) is 33.2 Å². The van der Waals surface area contributed by atoms with Gasteiger partial charge in [-0.15, -0.1) is 11.8 Å². The Morgan fingerprint density at radius 1 is 1.23 bits per heavy atom. The first-order chi connectivity index (χ1) is 10.6. The number of rotatable bonds is 7. The normalized spacial score (nSPS) is 10.5. The number of thioether (sulfide) groups is 1. The summed E-state index contributed by atoms with van der Waals surface area (Å²) in [6.07, 6.45) is 3.10. The van der Waals surface area contributed by atoms with Gasteiger partial charge in [-0.2, -0.15) is 0 Å². The van der Waals surface area contributed by atoms with E-state index in [0.717, 1.165) is 27.8 Å². The minimum atomic E-state index is 0.164. The lowest BCUT2D eigenvalue weighted by Crippen LogP contribution is -2.29. The van der Waals surface area contributed by atoms with Crippen molar-refractivity contribution >= 4 is 29.3 Å². The van der Waals surface area contributed by atoms with Crippen LogP contribution in [0.1, 0.15) is 12.1 Å². The first kappa shape index (κ1) is 16.8. The number of benzene rings is 1. The molecule has 0 aliphatic rings. The van der Waals surface area contributed by atoms with Gasteiger partial charge in [0.25, 0.3) is 0 Å². The number of nitrogens with zero attached hydrogens (tertiary/aromatic N) is 2. The molecule has 0 N–H and O–H groups in total. The Balaban J connectivity index is 1.69. The number of aromatic nitrogens is 1. The van der Waals surface area contributed by atoms with Crippen LogP contribution in [0.4, 0.5) is 0 Å². The van der Waals surface area contributed by atoms with Gasteiger partial charge in [-0.05, 0) is 36.4 Å². The summed E-state index contributed by atoms with van der Waals surface area (Å²) in [4.78, 5) is 19.3. The summed E-state index contributed by atoms with van der Waals surface area (Å²) in [5, 5.41) is 0.731. The summed E-state index contributed by atoms with van der Waals surface area (Å²) >= 11 is 7.52. The van der Waals surface area contributed by atoms with Gasteiger partial charge < -0.3 is 4.90 Å². The smallest absolute Gasteiger partial charge is 0.223 e. The van der Waals surface area contributed by atoms with Crippen LogP contribution in [-0.2, 0) is 11.2 Å². The molecule has 0 unspecified atom stereocenters. The molecule has 0 spiro atoms. The fourth-order valence-electron chi connectivity index (χ4n) is 1.93. The van der Waals surface area contributed by atoms with Gasteiger partial charge in [0.05, 0.1) is 0 Å². The van der Waals surface area contributed by atoms with Crippen molar-refractivity contribution in [1.82, 2.24) is 9.88 Å². The maximum absolute atomic E-state index is 12.1. The van der Waals surface area contributed by atoms with E-state index in [9.17, 15) is 4.79 Å².